The van der Waals surface area contributed by atoms with Gasteiger partial charge in [-0.25, -0.2) is 4.79 Å². The maximum Gasteiger partial charge on any atom is 0.407 e. The molecule has 0 aliphatic rings. The molecule has 2 aromatic carbocycles. The van der Waals surface area contributed by atoms with E-state index in [1.54, 1.807) is 24.3 Å². The van der Waals surface area contributed by atoms with E-state index in [2.05, 4.69) is 0 Å². The van der Waals surface area contributed by atoms with E-state index in [0.717, 1.165) is 16.7 Å². The van der Waals surface area contributed by atoms with E-state index in [-0.39, 0.29) is 6.61 Å². The van der Waals surface area contributed by atoms with E-state index in [9.17, 15) is 9.90 Å². The summed E-state index contributed by atoms with van der Waals surface area (Å²) < 4.78 is 0. The molecule has 0 heterocycles. The van der Waals surface area contributed by atoms with E-state index in [1.807, 2.05) is 24.3 Å². The number of halogens is 1. The van der Waals surface area contributed by atoms with Crippen LogP contribution >= 0.6 is 11.6 Å². The van der Waals surface area contributed by atoms with Gasteiger partial charge in [0.15, 0.2) is 0 Å². The van der Waals surface area contributed by atoms with Crippen molar-refractivity contribution in [2.75, 3.05) is 0 Å². The zero-order valence-electron chi connectivity index (χ0n) is 11.4. The van der Waals surface area contributed by atoms with Crippen molar-refractivity contribution in [2.45, 2.75) is 19.7 Å². The maximum absolute atomic E-state index is 11.4. The number of amides is 1. The molecular weight excluding hydrogens is 290 g/mol. The summed E-state index contributed by atoms with van der Waals surface area (Å²) in [6.07, 6.45) is -0.976. The third kappa shape index (κ3) is 4.48. The summed E-state index contributed by atoms with van der Waals surface area (Å²) in [6.45, 7) is 0.575. The molecule has 0 fully saturated rings. The quantitative estimate of drug-likeness (QED) is 0.888. The second-order valence-electron chi connectivity index (χ2n) is 4.74. The lowest BCUT2D eigenvalue weighted by Gasteiger charge is -2.19. The Balaban J connectivity index is 2.07. The van der Waals surface area contributed by atoms with Crippen molar-refractivity contribution in [3.8, 4) is 0 Å². The minimum Gasteiger partial charge on any atom is -0.465 e. The Morgan fingerprint density at radius 3 is 1.76 bits per heavy atom. The zero-order valence-corrected chi connectivity index (χ0v) is 12.1. The molecule has 2 N–H and O–H groups in total. The molecule has 0 aliphatic carbocycles. The van der Waals surface area contributed by atoms with Gasteiger partial charge < -0.3 is 10.2 Å². The SMILES string of the molecule is O=C(O)N(Cc1ccc(Cl)cc1)Cc1ccc(CO)cc1. The number of carboxylic acid groups (broad SMARTS) is 1. The Morgan fingerprint density at radius 1 is 0.905 bits per heavy atom. The first-order valence-electron chi connectivity index (χ1n) is 6.49. The van der Waals surface area contributed by atoms with Gasteiger partial charge in [0.25, 0.3) is 0 Å². The number of nitrogens with zero attached hydrogens (tertiary/aromatic N) is 1. The summed E-state index contributed by atoms with van der Waals surface area (Å²) in [5.41, 5.74) is 2.57. The lowest BCUT2D eigenvalue weighted by molar-refractivity contribution is 0.139. The summed E-state index contributed by atoms with van der Waals surface area (Å²) in [7, 11) is 0. The molecule has 0 spiro atoms. The van der Waals surface area contributed by atoms with Gasteiger partial charge in [0, 0.05) is 18.1 Å². The van der Waals surface area contributed by atoms with Gasteiger partial charge in [-0.05, 0) is 28.8 Å². The molecule has 0 saturated carbocycles. The molecule has 0 unspecified atom stereocenters. The van der Waals surface area contributed by atoms with Crippen LogP contribution in [-0.2, 0) is 19.7 Å². The van der Waals surface area contributed by atoms with Crippen LogP contribution in [0.1, 0.15) is 16.7 Å². The average Bonchev–Trinajstić information content (AvgIpc) is 2.49. The topological polar surface area (TPSA) is 60.8 Å². The van der Waals surface area contributed by atoms with Crippen LogP contribution in [0.4, 0.5) is 4.79 Å². The number of carbonyl (C=O) groups is 1. The Morgan fingerprint density at radius 2 is 1.33 bits per heavy atom. The molecule has 4 nitrogen and oxygen atoms in total. The highest BCUT2D eigenvalue weighted by Crippen LogP contribution is 2.14. The van der Waals surface area contributed by atoms with Crippen molar-refractivity contribution in [3.05, 3.63) is 70.2 Å². The second-order valence-corrected chi connectivity index (χ2v) is 5.18. The van der Waals surface area contributed by atoms with E-state index in [1.165, 1.54) is 4.90 Å². The normalized spacial score (nSPS) is 10.4. The van der Waals surface area contributed by atoms with Crippen LogP contribution in [0.2, 0.25) is 5.02 Å². The lowest BCUT2D eigenvalue weighted by atomic mass is 10.1. The molecule has 5 heteroatoms. The van der Waals surface area contributed by atoms with Crippen molar-refractivity contribution in [2.24, 2.45) is 0 Å². The minimum atomic E-state index is -0.976. The molecule has 2 aromatic rings. The summed E-state index contributed by atoms with van der Waals surface area (Å²) in [5.74, 6) is 0. The van der Waals surface area contributed by atoms with Crippen molar-refractivity contribution in [3.63, 3.8) is 0 Å². The lowest BCUT2D eigenvalue weighted by Crippen LogP contribution is -2.28. The van der Waals surface area contributed by atoms with Crippen LogP contribution in [0, 0.1) is 0 Å². The predicted molar refractivity (Wildman–Crippen MR) is 81.1 cm³/mol. The van der Waals surface area contributed by atoms with Crippen LogP contribution in [0.5, 0.6) is 0 Å². The van der Waals surface area contributed by atoms with Gasteiger partial charge in [0.1, 0.15) is 0 Å². The second kappa shape index (κ2) is 7.11. The maximum atomic E-state index is 11.4. The van der Waals surface area contributed by atoms with Crippen molar-refractivity contribution in [1.82, 2.24) is 4.90 Å². The monoisotopic (exact) mass is 305 g/mol. The number of benzene rings is 2. The van der Waals surface area contributed by atoms with Gasteiger partial charge in [-0.15, -0.1) is 0 Å². The molecule has 1 amide bonds. The summed E-state index contributed by atoms with van der Waals surface area (Å²) in [6, 6.07) is 14.3. The van der Waals surface area contributed by atoms with Gasteiger partial charge >= 0.3 is 6.09 Å². The number of aliphatic hydroxyl groups excluding tert-OH is 1. The molecule has 0 radical (unpaired) electrons. The number of rotatable bonds is 5. The van der Waals surface area contributed by atoms with Crippen LogP contribution in [-0.4, -0.2) is 21.2 Å². The van der Waals surface area contributed by atoms with E-state index < -0.39 is 6.09 Å². The Hall–Kier alpha value is -2.04. The molecule has 0 saturated heterocycles. The summed E-state index contributed by atoms with van der Waals surface area (Å²) in [4.78, 5) is 12.7. The average molecular weight is 306 g/mol. The van der Waals surface area contributed by atoms with Crippen molar-refractivity contribution in [1.29, 1.82) is 0 Å². The third-order valence-electron chi connectivity index (χ3n) is 3.14. The fourth-order valence-electron chi connectivity index (χ4n) is 1.97. The first-order valence-corrected chi connectivity index (χ1v) is 6.87. The third-order valence-corrected chi connectivity index (χ3v) is 3.39. The molecule has 0 aromatic heterocycles. The minimum absolute atomic E-state index is 0.0201. The highest BCUT2D eigenvalue weighted by atomic mass is 35.5. The zero-order chi connectivity index (χ0) is 15.2. The molecule has 21 heavy (non-hydrogen) atoms. The van der Waals surface area contributed by atoms with Gasteiger partial charge in [0.2, 0.25) is 0 Å². The number of aliphatic hydroxyl groups is 1. The van der Waals surface area contributed by atoms with Crippen LogP contribution in [0.3, 0.4) is 0 Å². The van der Waals surface area contributed by atoms with Crippen molar-refractivity contribution < 1.29 is 15.0 Å². The molecule has 2 rings (SSSR count). The molecule has 0 bridgehead atoms. The summed E-state index contributed by atoms with van der Waals surface area (Å²) >= 11 is 5.82. The summed E-state index contributed by atoms with van der Waals surface area (Å²) in [5, 5.41) is 18.9. The van der Waals surface area contributed by atoms with E-state index in [0.29, 0.717) is 18.1 Å². The highest BCUT2D eigenvalue weighted by Gasteiger charge is 2.13. The number of hydrogen-bond acceptors (Lipinski definition) is 2. The fourth-order valence-corrected chi connectivity index (χ4v) is 2.10. The van der Waals surface area contributed by atoms with Crippen molar-refractivity contribution >= 4 is 17.7 Å². The van der Waals surface area contributed by atoms with Gasteiger partial charge in [0.05, 0.1) is 6.61 Å². The molecule has 110 valence electrons. The highest BCUT2D eigenvalue weighted by molar-refractivity contribution is 6.30. The Labute approximate surface area is 128 Å². The van der Waals surface area contributed by atoms with Gasteiger partial charge in [-0.3, -0.25) is 4.90 Å². The molecule has 0 aliphatic heterocycles. The smallest absolute Gasteiger partial charge is 0.407 e. The van der Waals surface area contributed by atoms with E-state index in [4.69, 9.17) is 16.7 Å². The first kappa shape index (κ1) is 15.4. The standard InChI is InChI=1S/C16H16ClNO3/c17-15-7-5-13(6-8-15)10-18(16(20)21)9-12-1-3-14(11-19)4-2-12/h1-8,19H,9-11H2,(H,20,21). The van der Waals surface area contributed by atoms with Crippen LogP contribution < -0.4 is 0 Å². The number of hydrogen-bond donors (Lipinski definition) is 2. The van der Waals surface area contributed by atoms with Crippen LogP contribution in [0.25, 0.3) is 0 Å². The first-order chi connectivity index (χ1) is 10.1. The molecular formula is C16H16ClNO3. The Bertz CT molecular complexity index is 596. The predicted octanol–water partition coefficient (Wildman–Crippen LogP) is 3.51. The van der Waals surface area contributed by atoms with E-state index >= 15 is 0 Å². The van der Waals surface area contributed by atoms with Crippen LogP contribution in [0.15, 0.2) is 48.5 Å². The van der Waals surface area contributed by atoms with Gasteiger partial charge in [-0.2, -0.15) is 0 Å². The van der Waals surface area contributed by atoms with Gasteiger partial charge in [-0.1, -0.05) is 48.0 Å². The largest absolute Gasteiger partial charge is 0.465 e. The fraction of sp³-hybridized carbons (Fsp3) is 0.188. The molecule has 0 atom stereocenters. The Kier molecular flexibility index (Phi) is 5.20.